The van der Waals surface area contributed by atoms with Crippen LogP contribution in [0.5, 0.6) is 11.5 Å². The van der Waals surface area contributed by atoms with Crippen LogP contribution >= 0.6 is 0 Å². The molecule has 9 nitrogen and oxygen atoms in total. The molecule has 1 aliphatic rings. The van der Waals surface area contributed by atoms with Crippen molar-refractivity contribution in [1.29, 1.82) is 0 Å². The normalized spacial score (nSPS) is 13.7. The van der Waals surface area contributed by atoms with Crippen LogP contribution in [-0.2, 0) is 6.42 Å². The van der Waals surface area contributed by atoms with E-state index in [1.54, 1.807) is 49.2 Å². The number of aryl methyl sites for hydroxylation is 2. The molecule has 1 fully saturated rings. The highest BCUT2D eigenvalue weighted by atomic mass is 19.1. The molecule has 10 heteroatoms. The van der Waals surface area contributed by atoms with Gasteiger partial charge in [0.15, 0.2) is 5.65 Å². The van der Waals surface area contributed by atoms with Crippen molar-refractivity contribution < 1.29 is 18.7 Å². The van der Waals surface area contributed by atoms with E-state index in [1.807, 2.05) is 11.8 Å². The van der Waals surface area contributed by atoms with Crippen LogP contribution in [0.4, 0.5) is 10.2 Å². The summed E-state index contributed by atoms with van der Waals surface area (Å²) in [6, 6.07) is 11.5. The third-order valence-corrected chi connectivity index (χ3v) is 6.78. The molecule has 2 aromatic heterocycles. The largest absolute Gasteiger partial charge is 0.496 e. The number of benzene rings is 2. The molecular formula is C28H31FN6O3. The lowest BCUT2D eigenvalue weighted by atomic mass is 10.1. The van der Waals surface area contributed by atoms with Crippen LogP contribution in [0.1, 0.15) is 35.2 Å². The van der Waals surface area contributed by atoms with Crippen molar-refractivity contribution in [3.05, 3.63) is 65.4 Å². The van der Waals surface area contributed by atoms with Crippen LogP contribution in [0.3, 0.4) is 0 Å². The number of methoxy groups -OCH3 is 2. The number of amides is 1. The van der Waals surface area contributed by atoms with Gasteiger partial charge in [0.05, 0.1) is 31.0 Å². The van der Waals surface area contributed by atoms with Gasteiger partial charge in [0.1, 0.15) is 34.5 Å². The first-order chi connectivity index (χ1) is 18.4. The van der Waals surface area contributed by atoms with Crippen molar-refractivity contribution in [3.8, 4) is 17.2 Å². The minimum absolute atomic E-state index is 0.126. The molecule has 0 atom stereocenters. The van der Waals surface area contributed by atoms with Gasteiger partial charge < -0.3 is 19.3 Å². The molecule has 0 radical (unpaired) electrons. The zero-order valence-corrected chi connectivity index (χ0v) is 22.1. The lowest BCUT2D eigenvalue weighted by Crippen LogP contribution is -2.49. The first-order valence-electron chi connectivity index (χ1n) is 12.7. The van der Waals surface area contributed by atoms with Gasteiger partial charge in [-0.2, -0.15) is 5.10 Å². The molecule has 1 amide bonds. The summed E-state index contributed by atoms with van der Waals surface area (Å²) in [5.74, 6) is 2.09. The Morgan fingerprint density at radius 1 is 0.974 bits per heavy atom. The molecule has 0 saturated carbocycles. The Hall–Kier alpha value is -4.21. The van der Waals surface area contributed by atoms with Gasteiger partial charge >= 0.3 is 0 Å². The molecule has 198 valence electrons. The summed E-state index contributed by atoms with van der Waals surface area (Å²) in [5.41, 5.74) is 2.65. The Labute approximate surface area is 220 Å². The molecule has 0 spiro atoms. The second-order valence-electron chi connectivity index (χ2n) is 9.20. The van der Waals surface area contributed by atoms with E-state index in [-0.39, 0.29) is 11.7 Å². The average Bonchev–Trinajstić information content (AvgIpc) is 3.28. The minimum Gasteiger partial charge on any atom is -0.496 e. The van der Waals surface area contributed by atoms with Crippen LogP contribution in [-0.4, -0.2) is 71.0 Å². The fourth-order valence-electron chi connectivity index (χ4n) is 4.87. The molecular weight excluding hydrogens is 487 g/mol. The molecule has 5 rings (SSSR count). The lowest BCUT2D eigenvalue weighted by Gasteiger charge is -2.36. The maximum absolute atomic E-state index is 13.6. The Morgan fingerprint density at radius 2 is 1.63 bits per heavy atom. The number of carbonyl (C=O) groups excluding carboxylic acids is 1. The summed E-state index contributed by atoms with van der Waals surface area (Å²) in [6.07, 6.45) is 1.63. The predicted octanol–water partition coefficient (Wildman–Crippen LogP) is 4.20. The summed E-state index contributed by atoms with van der Waals surface area (Å²) >= 11 is 0. The van der Waals surface area contributed by atoms with Gasteiger partial charge in [-0.3, -0.25) is 4.79 Å². The SMILES string of the molecule is CCCc1nc(N2CCN(C(=O)c3c(OC)cccc3OC)CC2)c2c(C)nn(-c3ccc(F)cc3)c2n1. The highest BCUT2D eigenvalue weighted by molar-refractivity contribution is 6.00. The Balaban J connectivity index is 1.47. The minimum atomic E-state index is -0.304. The quantitative estimate of drug-likeness (QED) is 0.363. The number of hydrogen-bond donors (Lipinski definition) is 0. The van der Waals surface area contributed by atoms with E-state index in [0.717, 1.165) is 41.3 Å². The topological polar surface area (TPSA) is 85.6 Å². The number of rotatable bonds is 7. The molecule has 1 saturated heterocycles. The highest BCUT2D eigenvalue weighted by Gasteiger charge is 2.29. The number of nitrogens with zero attached hydrogens (tertiary/aromatic N) is 6. The van der Waals surface area contributed by atoms with Gasteiger partial charge in [-0.1, -0.05) is 13.0 Å². The molecule has 2 aromatic carbocycles. The fraction of sp³-hybridized carbons (Fsp3) is 0.357. The lowest BCUT2D eigenvalue weighted by molar-refractivity contribution is 0.0739. The van der Waals surface area contributed by atoms with Crippen LogP contribution in [0, 0.1) is 12.7 Å². The van der Waals surface area contributed by atoms with Crippen molar-refractivity contribution in [2.45, 2.75) is 26.7 Å². The number of ether oxygens (including phenoxy) is 2. The molecule has 0 N–H and O–H groups in total. The summed E-state index contributed by atoms with van der Waals surface area (Å²) in [7, 11) is 3.10. The number of piperazine rings is 1. The first-order valence-corrected chi connectivity index (χ1v) is 12.7. The van der Waals surface area contributed by atoms with Crippen LogP contribution in [0.25, 0.3) is 16.7 Å². The van der Waals surface area contributed by atoms with Crippen LogP contribution < -0.4 is 14.4 Å². The van der Waals surface area contributed by atoms with E-state index in [2.05, 4.69) is 11.8 Å². The number of fused-ring (bicyclic) bond motifs is 1. The summed E-state index contributed by atoms with van der Waals surface area (Å²) in [6.45, 7) is 6.25. The summed E-state index contributed by atoms with van der Waals surface area (Å²) in [4.78, 5) is 27.3. The molecule has 0 bridgehead atoms. The van der Waals surface area contributed by atoms with E-state index in [0.29, 0.717) is 48.9 Å². The van der Waals surface area contributed by atoms with E-state index in [4.69, 9.17) is 24.5 Å². The Morgan fingerprint density at radius 3 is 2.24 bits per heavy atom. The maximum Gasteiger partial charge on any atom is 0.261 e. The first kappa shape index (κ1) is 25.4. The number of anilines is 1. The Kier molecular flexibility index (Phi) is 7.13. The zero-order valence-electron chi connectivity index (χ0n) is 22.1. The van der Waals surface area contributed by atoms with Gasteiger partial charge in [-0.25, -0.2) is 19.0 Å². The second kappa shape index (κ2) is 10.6. The molecule has 38 heavy (non-hydrogen) atoms. The van der Waals surface area contributed by atoms with Crippen molar-refractivity contribution in [1.82, 2.24) is 24.6 Å². The third kappa shape index (κ3) is 4.62. The zero-order chi connectivity index (χ0) is 26.8. The summed E-state index contributed by atoms with van der Waals surface area (Å²) < 4.78 is 26.2. The van der Waals surface area contributed by atoms with E-state index in [1.165, 1.54) is 12.1 Å². The number of hydrogen-bond acceptors (Lipinski definition) is 7. The van der Waals surface area contributed by atoms with Gasteiger partial charge in [0.2, 0.25) is 0 Å². The maximum atomic E-state index is 13.6. The molecule has 0 unspecified atom stereocenters. The highest BCUT2D eigenvalue weighted by Crippen LogP contribution is 2.32. The van der Waals surface area contributed by atoms with Crippen LogP contribution in [0.15, 0.2) is 42.5 Å². The van der Waals surface area contributed by atoms with E-state index >= 15 is 0 Å². The smallest absolute Gasteiger partial charge is 0.261 e. The van der Waals surface area contributed by atoms with Crippen LogP contribution in [0.2, 0.25) is 0 Å². The van der Waals surface area contributed by atoms with Gasteiger partial charge in [-0.15, -0.1) is 0 Å². The van der Waals surface area contributed by atoms with Crippen molar-refractivity contribution in [3.63, 3.8) is 0 Å². The number of aromatic nitrogens is 4. The standard InChI is InChI=1S/C28H31FN6O3/c1-5-7-23-30-26(24-18(2)32-35(27(24)31-23)20-12-10-19(29)11-13-20)33-14-16-34(17-15-33)28(36)25-21(37-3)8-6-9-22(25)38-4/h6,8-13H,5,7,14-17H2,1-4H3. The predicted molar refractivity (Wildman–Crippen MR) is 143 cm³/mol. The fourth-order valence-corrected chi connectivity index (χ4v) is 4.87. The second-order valence-corrected chi connectivity index (χ2v) is 9.20. The average molecular weight is 519 g/mol. The summed E-state index contributed by atoms with van der Waals surface area (Å²) in [5, 5.41) is 5.60. The van der Waals surface area contributed by atoms with Gasteiger partial charge in [0, 0.05) is 32.6 Å². The third-order valence-electron chi connectivity index (χ3n) is 6.78. The number of carbonyl (C=O) groups is 1. The monoisotopic (exact) mass is 518 g/mol. The van der Waals surface area contributed by atoms with Gasteiger partial charge in [-0.05, 0) is 49.7 Å². The van der Waals surface area contributed by atoms with Gasteiger partial charge in [0.25, 0.3) is 5.91 Å². The van der Waals surface area contributed by atoms with E-state index < -0.39 is 0 Å². The Bertz CT molecular complexity index is 1440. The van der Waals surface area contributed by atoms with Crippen molar-refractivity contribution in [2.24, 2.45) is 0 Å². The van der Waals surface area contributed by atoms with E-state index in [9.17, 15) is 9.18 Å². The molecule has 1 aliphatic heterocycles. The van der Waals surface area contributed by atoms with Crippen molar-refractivity contribution in [2.75, 3.05) is 45.3 Å². The number of halogens is 1. The molecule has 4 aromatic rings. The molecule has 0 aliphatic carbocycles. The van der Waals surface area contributed by atoms with Crippen molar-refractivity contribution >= 4 is 22.8 Å². The molecule has 3 heterocycles.